The predicted octanol–water partition coefficient (Wildman–Crippen LogP) is 6.84. The van der Waals surface area contributed by atoms with Crippen LogP contribution in [0.4, 0.5) is 0 Å². The third kappa shape index (κ3) is 6.04. The second kappa shape index (κ2) is 9.60. The Hall–Kier alpha value is -0.0457. The number of halogens is 3. The van der Waals surface area contributed by atoms with Crippen molar-refractivity contribution in [1.29, 1.82) is 0 Å². The average Bonchev–Trinajstić information content (AvgIpc) is 2.80. The Labute approximate surface area is 170 Å². The molecule has 1 nitrogen and oxygen atoms in total. The Bertz CT molecular complexity index is 678. The molecule has 0 N–H and O–H groups in total. The van der Waals surface area contributed by atoms with E-state index in [1.807, 2.05) is 12.1 Å². The molecule has 24 heavy (non-hydrogen) atoms. The van der Waals surface area contributed by atoms with E-state index in [1.165, 1.54) is 18.8 Å². The van der Waals surface area contributed by atoms with E-state index in [4.69, 9.17) is 14.9 Å². The van der Waals surface area contributed by atoms with Crippen LogP contribution in [-0.2, 0) is 23.2 Å². The fourth-order valence-corrected chi connectivity index (χ4v) is 5.92. The van der Waals surface area contributed by atoms with Crippen molar-refractivity contribution in [2.75, 3.05) is 0 Å². The van der Waals surface area contributed by atoms with Gasteiger partial charge >= 0.3 is 146 Å². The number of hydrogen-bond donors (Lipinski definition) is 0. The molecule has 1 aliphatic rings. The van der Waals surface area contributed by atoms with Gasteiger partial charge < -0.3 is 0 Å². The Morgan fingerprint density at radius 3 is 2.21 bits per heavy atom. The first-order valence-electron chi connectivity index (χ1n) is 7.71. The Balaban J connectivity index is 0.00000264. The Morgan fingerprint density at radius 2 is 1.75 bits per heavy atom. The molecule has 2 rings (SSSR count). The molecule has 0 bridgehead atoms. The quantitative estimate of drug-likeness (QED) is 0.482. The van der Waals surface area contributed by atoms with E-state index in [2.05, 4.69) is 59.8 Å². The smallest absolute Gasteiger partial charge is 0.147 e. The third-order valence-corrected chi connectivity index (χ3v) is 7.97. The minimum Gasteiger partial charge on any atom is -0.147 e. The van der Waals surface area contributed by atoms with Gasteiger partial charge in [0, 0.05) is 0 Å². The van der Waals surface area contributed by atoms with E-state index in [0.717, 1.165) is 17.2 Å². The minimum atomic E-state index is -1.88. The summed E-state index contributed by atoms with van der Waals surface area (Å²) in [5.41, 5.74) is 2.67. The monoisotopic (exact) mass is 424 g/mol. The molecule has 0 atom stereocenters. The Morgan fingerprint density at radius 1 is 1.12 bits per heavy atom. The van der Waals surface area contributed by atoms with E-state index < -0.39 is 17.8 Å². The van der Waals surface area contributed by atoms with Gasteiger partial charge in [0.15, 0.2) is 0 Å². The molecule has 0 saturated carbocycles. The van der Waals surface area contributed by atoms with Crippen LogP contribution in [-0.4, -0.2) is 3.81 Å². The van der Waals surface area contributed by atoms with Crippen LogP contribution >= 0.6 is 36.4 Å². The second-order valence-electron chi connectivity index (χ2n) is 7.12. The number of allylic oxidation sites excluding steroid dienone is 4. The van der Waals surface area contributed by atoms with Gasteiger partial charge in [-0.05, 0) is 0 Å². The van der Waals surface area contributed by atoms with Crippen molar-refractivity contribution < 1.29 is 21.1 Å². The molecule has 0 aliphatic heterocycles. The van der Waals surface area contributed by atoms with E-state index in [9.17, 15) is 0 Å². The number of benzene rings is 1. The van der Waals surface area contributed by atoms with Crippen LogP contribution in [0.1, 0.15) is 53.5 Å². The summed E-state index contributed by atoms with van der Waals surface area (Å²) in [5.74, 6) is 0.917. The summed E-state index contributed by atoms with van der Waals surface area (Å²) in [6.45, 7) is 13.2. The predicted molar refractivity (Wildman–Crippen MR) is 108 cm³/mol. The second-order valence-corrected chi connectivity index (χ2v) is 11.4. The summed E-state index contributed by atoms with van der Waals surface area (Å²) < 4.78 is 9.43. The maximum absolute atomic E-state index is 6.49. The largest absolute Gasteiger partial charge is 0.147 e. The molecule has 1 aliphatic carbocycles. The standard InChI is InChI=1S/C10H13ClO.C6H7.C3H6.2ClH.Ti/c1-10(2,3)7-4-8(11)6-9(12)5-7;1-6-4-2-3-5-6;1-3-2;;;/h4-6,12H,1-3H3;2,4H,3H2,1H3;1-2H3;2*1H;/q;;;;;+1/p-1. The van der Waals surface area contributed by atoms with Gasteiger partial charge in [-0.3, -0.25) is 0 Å². The first-order valence-corrected chi connectivity index (χ1v) is 10.3. The van der Waals surface area contributed by atoms with Crippen LogP contribution in [0.25, 0.3) is 0 Å². The van der Waals surface area contributed by atoms with Gasteiger partial charge in [0.1, 0.15) is 0 Å². The van der Waals surface area contributed by atoms with Crippen molar-refractivity contribution in [1.82, 2.24) is 0 Å². The first-order chi connectivity index (χ1) is 10.2. The minimum absolute atomic E-state index is 0. The van der Waals surface area contributed by atoms with Crippen molar-refractivity contribution in [3.63, 3.8) is 0 Å². The molecule has 1 aromatic rings. The maximum atomic E-state index is 6.49. The SMILES string of the molecule is CC1=[C]([Ti]([O]c2cc(Cl)cc(C(C)(C)C)c2)=[C](C)C)CC=C1.Cl.Cl. The molecule has 0 heterocycles. The Kier molecular flexibility index (Phi) is 9.58. The molecule has 0 aromatic heterocycles. The molecule has 0 spiro atoms. The van der Waals surface area contributed by atoms with Crippen molar-refractivity contribution >= 4 is 40.2 Å². The van der Waals surface area contributed by atoms with Crippen LogP contribution in [0.5, 0.6) is 5.75 Å². The molecule has 0 saturated heterocycles. The molecule has 5 heteroatoms. The topological polar surface area (TPSA) is 9.23 Å². The fourth-order valence-electron chi connectivity index (χ4n) is 2.52. The average molecular weight is 426 g/mol. The molecule has 0 radical (unpaired) electrons. The molecular weight excluding hydrogens is 398 g/mol. The van der Waals surface area contributed by atoms with Gasteiger partial charge in [0.25, 0.3) is 0 Å². The van der Waals surface area contributed by atoms with Gasteiger partial charge in [-0.15, -0.1) is 24.8 Å². The van der Waals surface area contributed by atoms with Crippen LogP contribution < -0.4 is 3.32 Å². The van der Waals surface area contributed by atoms with Gasteiger partial charge in [0.05, 0.1) is 0 Å². The summed E-state index contributed by atoms with van der Waals surface area (Å²) in [5, 5.41) is 0.754. The van der Waals surface area contributed by atoms with Crippen molar-refractivity contribution in [2.24, 2.45) is 0 Å². The van der Waals surface area contributed by atoms with Crippen molar-refractivity contribution in [2.45, 2.75) is 53.4 Å². The van der Waals surface area contributed by atoms with Crippen LogP contribution in [0.2, 0.25) is 5.02 Å². The van der Waals surface area contributed by atoms with Gasteiger partial charge in [0.2, 0.25) is 0 Å². The molecule has 134 valence electrons. The van der Waals surface area contributed by atoms with E-state index in [1.54, 1.807) is 0 Å². The first kappa shape index (κ1) is 24.0. The van der Waals surface area contributed by atoms with Crippen molar-refractivity contribution in [3.8, 4) is 5.75 Å². The summed E-state index contributed by atoms with van der Waals surface area (Å²) in [6, 6.07) is 6.14. The molecule has 0 fully saturated rings. The van der Waals surface area contributed by atoms with Gasteiger partial charge in [-0.2, -0.15) is 0 Å². The van der Waals surface area contributed by atoms with Crippen LogP contribution in [0.3, 0.4) is 0 Å². The van der Waals surface area contributed by atoms with E-state index >= 15 is 0 Å². The van der Waals surface area contributed by atoms with Crippen LogP contribution in [0.15, 0.2) is 39.8 Å². The van der Waals surface area contributed by atoms with Crippen molar-refractivity contribution in [3.05, 3.63) is 50.4 Å². The summed E-state index contributed by atoms with van der Waals surface area (Å²) in [6.07, 6.45) is 5.49. The number of hydrogen-bond acceptors (Lipinski definition) is 1. The molecular formula is C19H27Cl3OTi. The zero-order valence-electron chi connectivity index (χ0n) is 15.2. The molecule has 0 unspecified atom stereocenters. The van der Waals surface area contributed by atoms with Gasteiger partial charge in [-0.1, -0.05) is 0 Å². The van der Waals surface area contributed by atoms with E-state index in [-0.39, 0.29) is 30.2 Å². The summed E-state index contributed by atoms with van der Waals surface area (Å²) in [7, 11) is 0. The molecule has 1 aromatic carbocycles. The van der Waals surface area contributed by atoms with E-state index in [0.29, 0.717) is 0 Å². The zero-order valence-corrected chi connectivity index (χ0v) is 19.1. The van der Waals surface area contributed by atoms with Gasteiger partial charge in [-0.25, -0.2) is 0 Å². The number of rotatable bonds is 3. The zero-order chi connectivity index (χ0) is 16.5. The van der Waals surface area contributed by atoms with Crippen LogP contribution in [0, 0.1) is 0 Å². The summed E-state index contributed by atoms with van der Waals surface area (Å²) in [4.78, 5) is 0. The summed E-state index contributed by atoms with van der Waals surface area (Å²) >= 11 is 4.43. The third-order valence-electron chi connectivity index (χ3n) is 3.85. The molecule has 0 amide bonds. The maximum Gasteiger partial charge on any atom is -0.147 e. The fraction of sp³-hybridized carbons (Fsp3) is 0.421. The normalized spacial score (nSPS) is 13.3.